The van der Waals surface area contributed by atoms with Gasteiger partial charge in [-0.2, -0.15) is 25.5 Å². The number of benzene rings is 6. The highest BCUT2D eigenvalue weighted by molar-refractivity contribution is 8.24. The molecule has 0 unspecified atom stereocenters. The number of aryl methyl sites for hydroxylation is 2. The van der Waals surface area contributed by atoms with Crippen LogP contribution >= 0.6 is 92.5 Å². The van der Waals surface area contributed by atoms with Crippen LogP contribution in [-0.2, 0) is 48.5 Å². The van der Waals surface area contributed by atoms with E-state index >= 15 is 0 Å². The lowest BCUT2D eigenvalue weighted by molar-refractivity contribution is 0.416. The van der Waals surface area contributed by atoms with Crippen molar-refractivity contribution >= 4 is 200 Å². The van der Waals surface area contributed by atoms with Crippen LogP contribution < -0.4 is 64.8 Å². The Bertz CT molecular complexity index is 6010. The fourth-order valence-electron chi connectivity index (χ4n) is 9.16. The lowest BCUT2D eigenvalue weighted by Crippen LogP contribution is -2.16. The molecule has 0 saturated heterocycles. The summed E-state index contributed by atoms with van der Waals surface area (Å²) in [6.45, 7) is 27.3. The normalized spacial score (nSPS) is 11.0. The van der Waals surface area contributed by atoms with Crippen LogP contribution in [0.5, 0.6) is 5.75 Å². The van der Waals surface area contributed by atoms with E-state index in [1.165, 1.54) is 43.0 Å². The number of halogens is 7. The molecule has 31 nitrogen and oxygen atoms in total. The summed E-state index contributed by atoms with van der Waals surface area (Å²) in [7, 11) is -14.2. The predicted molar refractivity (Wildman–Crippen MR) is 501 cm³/mol. The fourth-order valence-corrected chi connectivity index (χ4v) is 15.4. The fraction of sp³-hybridized carbons (Fsp3) is 0.282. The molecule has 0 aliphatic carbocycles. The molecule has 0 atom stereocenters. The predicted octanol–water partition coefficient (Wildman–Crippen LogP) is 18.9. The van der Waals surface area contributed by atoms with Crippen molar-refractivity contribution in [3.63, 3.8) is 0 Å². The van der Waals surface area contributed by atoms with Gasteiger partial charge in [-0.25, -0.2) is 49.0 Å². The number of para-hydroxylation sites is 4. The van der Waals surface area contributed by atoms with Gasteiger partial charge in [-0.05, 0) is 213 Å². The Balaban J connectivity index is 0.000000495. The monoisotopic (exact) mass is 1930 g/mol. The molecule has 0 saturated carbocycles. The van der Waals surface area contributed by atoms with E-state index in [1.54, 1.807) is 179 Å². The van der Waals surface area contributed by atoms with Crippen molar-refractivity contribution < 1.29 is 47.5 Å². The summed E-state index contributed by atoms with van der Waals surface area (Å²) in [5, 5.41) is 43.8. The van der Waals surface area contributed by atoms with Crippen LogP contribution in [0.4, 0.5) is 62.7 Å². The number of hydrogen-bond donors (Lipinski definition) is 10. The van der Waals surface area contributed by atoms with Crippen molar-refractivity contribution in [3.8, 4) is 5.75 Å². The third kappa shape index (κ3) is 35.6. The van der Waals surface area contributed by atoms with Gasteiger partial charge < -0.3 is 47.4 Å². The molecule has 5 aromatic heterocycles. The van der Waals surface area contributed by atoms with Gasteiger partial charge in [0.15, 0.2) is 50.3 Å². The van der Waals surface area contributed by atoms with Gasteiger partial charge in [-0.1, -0.05) is 122 Å². The summed E-state index contributed by atoms with van der Waals surface area (Å²) in [6, 6.07) is 42.6. The van der Waals surface area contributed by atoms with Gasteiger partial charge in [0.25, 0.3) is 16.7 Å². The molecule has 11 aromatic rings. The molecular formula is C78H100Cl7N17O14P2S4. The molecule has 0 spiro atoms. The Kier molecular flexibility index (Phi) is 45.7. The maximum absolute atomic E-state index is 12.7. The molecule has 0 radical (unpaired) electrons. The Hall–Kier alpha value is -9.19. The molecule has 44 heteroatoms. The van der Waals surface area contributed by atoms with Gasteiger partial charge in [0.2, 0.25) is 0 Å². The molecular weight excluding hydrogens is 1840 g/mol. The van der Waals surface area contributed by atoms with E-state index in [0.29, 0.717) is 45.6 Å². The van der Waals surface area contributed by atoms with Crippen LogP contribution in [0, 0.1) is 13.8 Å². The molecule has 6 aromatic carbocycles. The Morgan fingerprint density at radius 2 is 0.893 bits per heavy atom. The first-order valence-corrected chi connectivity index (χ1v) is 50.8. The quantitative estimate of drug-likeness (QED) is 0.0250. The largest absolute Gasteiger partial charge is 0.495 e. The lowest BCUT2D eigenvalue weighted by Gasteiger charge is -2.15. The van der Waals surface area contributed by atoms with Crippen molar-refractivity contribution in [1.82, 2.24) is 51.0 Å². The summed E-state index contributed by atoms with van der Waals surface area (Å²) < 4.78 is 125. The highest BCUT2D eigenvalue weighted by Gasteiger charge is 2.27. The second-order valence-electron chi connectivity index (χ2n) is 26.1. The first kappa shape index (κ1) is 109. The molecule has 0 aliphatic heterocycles. The summed E-state index contributed by atoms with van der Waals surface area (Å²) in [5.74, 6) is 1.25. The van der Waals surface area contributed by atoms with E-state index in [2.05, 4.69) is 111 Å². The lowest BCUT2D eigenvalue weighted by atomic mass is 10.2. The number of sulfone groups is 4. The molecule has 12 N–H and O–H groups in total. The molecule has 0 aliphatic rings. The smallest absolute Gasteiger partial charge is 0.339 e. The standard InChI is InChI=1S/C22H27N4O3PS.C13H14ClN3O3S.C13H14ClN3O2S.C9H13NO2S.C8H11NO.C6H9N3O.C4H2Cl2N2O.C2H6.CH4.Cl3OP/c1-15(2)31(28,29)21-9-7-6-8-20(21)24-17-13-22(26-23-14-17)25-19-11-10-18(12-16(19)3)30(4,5)27;1-8(2)21(19,20)11-6-4-3-5-9(11)16-10-7-15-17-13(18)12(10)14;1-9(2)20(18,19)12-6-4-3-5-11(12)16-10-7-13(14)17-15-8-10;1-7(2)13(11,12)9-6-4-3-5-8(9)10;1-6-3-4-7(9)8(5-6)10-2;1-2-7-5-3-6(10)9-8-4-5;5-2-1-7-8-4(9)3(2)6;1-2;;1-5(2,3)4/h6-15H,1-5H3,(H2,24,25,26);3-8H,1-2H3,(H2,16,17,18);3-9H,1-2H3,(H,16,17);3-7H,10H2,1-2H3;3-5H,9H2,1-2H3;3-4H,2H2,1H3,(H2,7,9,10);1H,(H,8,9);1-2H3;1H4;. The summed E-state index contributed by atoms with van der Waals surface area (Å²) >= 11 is 36.2. The van der Waals surface area contributed by atoms with Crippen molar-refractivity contribution in [2.75, 3.05) is 65.0 Å². The second kappa shape index (κ2) is 51.2. The van der Waals surface area contributed by atoms with Crippen LogP contribution in [0.2, 0.25) is 20.2 Å². The highest BCUT2D eigenvalue weighted by Crippen LogP contribution is 2.61. The first-order valence-electron chi connectivity index (χ1n) is 36.1. The number of aromatic amines is 3. The van der Waals surface area contributed by atoms with Crippen molar-refractivity contribution in [2.45, 2.75) is 138 Å². The van der Waals surface area contributed by atoms with E-state index in [-0.39, 0.29) is 58.5 Å². The maximum atomic E-state index is 12.7. The molecule has 0 amide bonds. The third-order valence-electron chi connectivity index (χ3n) is 15.5. The number of rotatable bonds is 20. The highest BCUT2D eigenvalue weighted by atomic mass is 36.0. The van der Waals surface area contributed by atoms with E-state index in [4.69, 9.17) is 62.6 Å². The average molecular weight is 1940 g/mol. The van der Waals surface area contributed by atoms with E-state index < -0.39 is 83.8 Å². The zero-order valence-electron chi connectivity index (χ0n) is 68.5. The summed E-state index contributed by atoms with van der Waals surface area (Å²) in [6.07, 6.45) is 7.17. The minimum Gasteiger partial charge on any atom is -0.495 e. The summed E-state index contributed by atoms with van der Waals surface area (Å²) in [5.41, 5.74) is 17.4. The van der Waals surface area contributed by atoms with Crippen LogP contribution in [-0.4, -0.2) is 133 Å². The SMILES string of the molecule is C.CC.CC(C)S(=O)(=O)c1ccccc1N.CC(C)S(=O)(=O)c1ccccc1Nc1cn[nH]c(=O)c1Cl.CC(C)S(=O)(=O)c1ccccc1Nc1cnnc(Cl)c1.CCNc1cn[nH]c(=O)c1.COc1cc(C)ccc1N.Cc1cc(P(C)(C)=O)ccc1Nc1cc(Nc2ccccc2S(=O)(=O)C(C)C)cnn1.O=P(Cl)(Cl)Cl.O=c1[nH]ncc(Cl)c1Cl. The van der Waals surface area contributed by atoms with Gasteiger partial charge >= 0.3 is 5.20 Å². The first-order chi connectivity index (χ1) is 56.5. The number of anilines is 11. The van der Waals surface area contributed by atoms with Crippen molar-refractivity contribution in [1.29, 1.82) is 0 Å². The minimum absolute atomic E-state index is 0. The molecule has 0 bridgehead atoms. The Labute approximate surface area is 746 Å². The zero-order valence-corrected chi connectivity index (χ0v) is 78.9. The molecule has 664 valence electrons. The van der Waals surface area contributed by atoms with Gasteiger partial charge in [0.05, 0.1) is 135 Å². The molecule has 122 heavy (non-hydrogen) atoms. The number of nitrogens with one attached hydrogen (secondary N) is 8. The van der Waals surface area contributed by atoms with Gasteiger partial charge in [-0.15, -0.1) is 10.2 Å². The van der Waals surface area contributed by atoms with E-state index in [0.717, 1.165) is 40.1 Å². The van der Waals surface area contributed by atoms with Crippen LogP contribution in [0.15, 0.2) is 217 Å². The van der Waals surface area contributed by atoms with Crippen molar-refractivity contribution in [3.05, 3.63) is 245 Å². The Morgan fingerprint density at radius 3 is 1.31 bits per heavy atom. The van der Waals surface area contributed by atoms with E-state index in [1.807, 2.05) is 71.0 Å². The number of H-pyrrole nitrogens is 3. The number of aromatic nitrogens is 10. The second-order valence-corrected chi connectivity index (χ2v) is 47.4. The molecule has 11 rings (SSSR count). The topological polar surface area (TPSA) is 481 Å². The molecule has 5 heterocycles. The number of nitrogens with zero attached hydrogens (tertiary/aromatic N) is 7. The van der Waals surface area contributed by atoms with Crippen LogP contribution in [0.25, 0.3) is 0 Å². The summed E-state index contributed by atoms with van der Waals surface area (Å²) in [4.78, 5) is 33.4. The molecule has 0 fully saturated rings. The van der Waals surface area contributed by atoms with E-state index in [9.17, 15) is 57.2 Å². The maximum Gasteiger partial charge on any atom is 0.339 e. The van der Waals surface area contributed by atoms with Crippen LogP contribution in [0.3, 0.4) is 0 Å². The van der Waals surface area contributed by atoms with Crippen molar-refractivity contribution in [2.24, 2.45) is 0 Å². The van der Waals surface area contributed by atoms with Gasteiger partial charge in [-0.3, -0.25) is 18.9 Å². The average Bonchev–Trinajstić information content (AvgIpc) is 0.810. The third-order valence-corrected chi connectivity index (χ3v) is 27.2. The number of nitrogens with two attached hydrogens (primary N) is 2. The number of nitrogen functional groups attached to an aromatic ring is 2. The number of ether oxygens (including phenoxy) is 1. The van der Waals surface area contributed by atoms with Gasteiger partial charge in [0.1, 0.15) is 22.9 Å². The zero-order chi connectivity index (χ0) is 91.6. The number of hydrogen-bond acceptors (Lipinski definition) is 28. The van der Waals surface area contributed by atoms with Gasteiger partial charge in [0, 0.05) is 35.7 Å². The minimum atomic E-state index is -3.46. The van der Waals surface area contributed by atoms with Crippen LogP contribution in [0.1, 0.15) is 94.7 Å². The number of methoxy groups -OCH3 is 1. The Morgan fingerprint density at radius 1 is 0.467 bits per heavy atom.